The van der Waals surface area contributed by atoms with Gasteiger partial charge in [-0.15, -0.1) is 6.58 Å². The molecular formula is C11H11FN2S. The molecule has 0 spiro atoms. The highest BCUT2D eigenvalue weighted by Crippen LogP contribution is 2.15. The lowest BCUT2D eigenvalue weighted by Gasteiger charge is -2.00. The molecule has 2 aromatic rings. The highest BCUT2D eigenvalue weighted by molar-refractivity contribution is 7.71. The predicted molar refractivity (Wildman–Crippen MR) is 61.9 cm³/mol. The summed E-state index contributed by atoms with van der Waals surface area (Å²) >= 11 is 5.16. The highest BCUT2D eigenvalue weighted by atomic mass is 32.1. The van der Waals surface area contributed by atoms with Crippen molar-refractivity contribution in [2.75, 3.05) is 0 Å². The molecule has 0 aliphatic carbocycles. The van der Waals surface area contributed by atoms with Gasteiger partial charge in [-0.3, -0.25) is 0 Å². The first-order chi connectivity index (χ1) is 7.22. The van der Waals surface area contributed by atoms with E-state index >= 15 is 0 Å². The van der Waals surface area contributed by atoms with Gasteiger partial charge in [0.25, 0.3) is 0 Å². The SMILES string of the molecule is C=CCCn1c(=S)[nH]c2cc(F)ccc21. The van der Waals surface area contributed by atoms with Crippen molar-refractivity contribution in [3.05, 3.63) is 41.4 Å². The van der Waals surface area contributed by atoms with Crippen LogP contribution in [0.5, 0.6) is 0 Å². The monoisotopic (exact) mass is 222 g/mol. The van der Waals surface area contributed by atoms with Crippen molar-refractivity contribution in [2.24, 2.45) is 0 Å². The molecule has 78 valence electrons. The van der Waals surface area contributed by atoms with E-state index < -0.39 is 0 Å². The average molecular weight is 222 g/mol. The molecule has 1 aromatic carbocycles. The first-order valence-electron chi connectivity index (χ1n) is 4.71. The molecule has 0 amide bonds. The number of halogens is 1. The lowest BCUT2D eigenvalue weighted by atomic mass is 10.3. The molecule has 0 aliphatic rings. The quantitative estimate of drug-likeness (QED) is 0.623. The van der Waals surface area contributed by atoms with Crippen LogP contribution in [0.3, 0.4) is 0 Å². The summed E-state index contributed by atoms with van der Waals surface area (Å²) in [5.41, 5.74) is 1.67. The molecule has 0 atom stereocenters. The topological polar surface area (TPSA) is 20.7 Å². The van der Waals surface area contributed by atoms with Crippen molar-refractivity contribution < 1.29 is 4.39 Å². The Balaban J connectivity index is 2.58. The number of aromatic amines is 1. The standard InChI is InChI=1S/C11H11FN2S/c1-2-3-6-14-10-5-4-8(12)7-9(10)13-11(14)15/h2,4-5,7H,1,3,6H2,(H,13,15). The molecule has 0 bridgehead atoms. The molecule has 1 N–H and O–H groups in total. The third-order valence-corrected chi connectivity index (χ3v) is 2.62. The van der Waals surface area contributed by atoms with Gasteiger partial charge in [0.15, 0.2) is 4.77 Å². The smallest absolute Gasteiger partial charge is 0.178 e. The minimum absolute atomic E-state index is 0.255. The van der Waals surface area contributed by atoms with E-state index in [0.717, 1.165) is 24.0 Å². The molecule has 0 saturated heterocycles. The van der Waals surface area contributed by atoms with Gasteiger partial charge in [-0.2, -0.15) is 0 Å². The molecule has 0 saturated carbocycles. The number of aryl methyl sites for hydroxylation is 1. The van der Waals surface area contributed by atoms with Crippen LogP contribution in [0.15, 0.2) is 30.9 Å². The maximum absolute atomic E-state index is 13.0. The number of hydrogen-bond acceptors (Lipinski definition) is 1. The van der Waals surface area contributed by atoms with Gasteiger partial charge in [0.05, 0.1) is 11.0 Å². The molecule has 0 fully saturated rings. The van der Waals surface area contributed by atoms with Crippen LogP contribution >= 0.6 is 12.2 Å². The third-order valence-electron chi connectivity index (χ3n) is 2.29. The van der Waals surface area contributed by atoms with Crippen molar-refractivity contribution in [3.8, 4) is 0 Å². The van der Waals surface area contributed by atoms with Gasteiger partial charge in [0, 0.05) is 6.54 Å². The number of imidazole rings is 1. The maximum atomic E-state index is 13.0. The van der Waals surface area contributed by atoms with Gasteiger partial charge in [-0.05, 0) is 36.8 Å². The van der Waals surface area contributed by atoms with Crippen LogP contribution in [-0.4, -0.2) is 9.55 Å². The van der Waals surface area contributed by atoms with Gasteiger partial charge in [0.1, 0.15) is 5.82 Å². The summed E-state index contributed by atoms with van der Waals surface area (Å²) in [7, 11) is 0. The Labute approximate surface area is 92.0 Å². The number of H-pyrrole nitrogens is 1. The number of nitrogens with zero attached hydrogens (tertiary/aromatic N) is 1. The van der Waals surface area contributed by atoms with Gasteiger partial charge in [-0.25, -0.2) is 4.39 Å². The molecule has 15 heavy (non-hydrogen) atoms. The Hall–Kier alpha value is -1.42. The first-order valence-corrected chi connectivity index (χ1v) is 5.12. The largest absolute Gasteiger partial charge is 0.330 e. The fraction of sp³-hybridized carbons (Fsp3) is 0.182. The van der Waals surface area contributed by atoms with Crippen LogP contribution in [0.1, 0.15) is 6.42 Å². The molecule has 2 rings (SSSR count). The lowest BCUT2D eigenvalue weighted by Crippen LogP contribution is -1.96. The van der Waals surface area contributed by atoms with Crippen LogP contribution in [0, 0.1) is 10.6 Å². The summed E-state index contributed by atoms with van der Waals surface area (Å²) in [5, 5.41) is 0. The Morgan fingerprint density at radius 3 is 3.07 bits per heavy atom. The second-order valence-electron chi connectivity index (χ2n) is 3.32. The Kier molecular flexibility index (Phi) is 2.68. The molecule has 2 nitrogen and oxygen atoms in total. The number of rotatable bonds is 3. The van der Waals surface area contributed by atoms with E-state index in [9.17, 15) is 4.39 Å². The predicted octanol–water partition coefficient (Wildman–Crippen LogP) is 3.41. The van der Waals surface area contributed by atoms with Gasteiger partial charge in [-0.1, -0.05) is 6.08 Å². The number of fused-ring (bicyclic) bond motifs is 1. The summed E-state index contributed by atoms with van der Waals surface area (Å²) in [4.78, 5) is 2.98. The van der Waals surface area contributed by atoms with Crippen molar-refractivity contribution in [3.63, 3.8) is 0 Å². The van der Waals surface area contributed by atoms with E-state index in [1.54, 1.807) is 6.07 Å². The average Bonchev–Trinajstić information content (AvgIpc) is 2.50. The maximum Gasteiger partial charge on any atom is 0.178 e. The summed E-state index contributed by atoms with van der Waals surface area (Å²) in [6, 6.07) is 4.63. The van der Waals surface area contributed by atoms with Crippen LogP contribution in [-0.2, 0) is 6.54 Å². The van der Waals surface area contributed by atoms with E-state index in [1.807, 2.05) is 10.6 Å². The fourth-order valence-electron chi connectivity index (χ4n) is 1.58. The lowest BCUT2D eigenvalue weighted by molar-refractivity contribution is 0.629. The highest BCUT2D eigenvalue weighted by Gasteiger charge is 2.03. The van der Waals surface area contributed by atoms with Crippen molar-refractivity contribution in [2.45, 2.75) is 13.0 Å². The van der Waals surface area contributed by atoms with Crippen LogP contribution < -0.4 is 0 Å². The zero-order chi connectivity index (χ0) is 10.8. The summed E-state index contributed by atoms with van der Waals surface area (Å²) in [6.45, 7) is 4.44. The van der Waals surface area contributed by atoms with Crippen LogP contribution in [0.4, 0.5) is 4.39 Å². The molecule has 4 heteroatoms. The Morgan fingerprint density at radius 2 is 2.33 bits per heavy atom. The summed E-state index contributed by atoms with van der Waals surface area (Å²) in [5.74, 6) is -0.255. The Morgan fingerprint density at radius 1 is 1.53 bits per heavy atom. The normalized spacial score (nSPS) is 10.7. The van der Waals surface area contributed by atoms with Crippen molar-refractivity contribution in [1.29, 1.82) is 0 Å². The van der Waals surface area contributed by atoms with E-state index in [2.05, 4.69) is 11.6 Å². The number of allylic oxidation sites excluding steroid dienone is 1. The number of hydrogen-bond donors (Lipinski definition) is 1. The molecule has 0 aliphatic heterocycles. The van der Waals surface area contributed by atoms with E-state index in [-0.39, 0.29) is 5.82 Å². The van der Waals surface area contributed by atoms with Crippen LogP contribution in [0.2, 0.25) is 0 Å². The minimum atomic E-state index is -0.255. The summed E-state index contributed by atoms with van der Waals surface area (Å²) < 4.78 is 15.5. The van der Waals surface area contributed by atoms with Gasteiger partial charge in [0.2, 0.25) is 0 Å². The molecule has 0 unspecified atom stereocenters. The molecule has 1 heterocycles. The molecule has 0 radical (unpaired) electrons. The first kappa shape index (κ1) is 10.1. The van der Waals surface area contributed by atoms with Gasteiger partial charge >= 0.3 is 0 Å². The zero-order valence-corrected chi connectivity index (χ0v) is 8.98. The van der Waals surface area contributed by atoms with E-state index in [1.165, 1.54) is 12.1 Å². The van der Waals surface area contributed by atoms with E-state index in [4.69, 9.17) is 12.2 Å². The van der Waals surface area contributed by atoms with Crippen molar-refractivity contribution in [1.82, 2.24) is 9.55 Å². The molecule has 1 aromatic heterocycles. The number of aromatic nitrogens is 2. The second kappa shape index (κ2) is 3.98. The number of nitrogens with one attached hydrogen (secondary N) is 1. The third kappa shape index (κ3) is 1.85. The number of benzene rings is 1. The zero-order valence-electron chi connectivity index (χ0n) is 8.16. The fourth-order valence-corrected chi connectivity index (χ4v) is 1.88. The second-order valence-corrected chi connectivity index (χ2v) is 3.71. The van der Waals surface area contributed by atoms with E-state index in [0.29, 0.717) is 4.77 Å². The minimum Gasteiger partial charge on any atom is -0.330 e. The Bertz CT molecular complexity index is 553. The molecular weight excluding hydrogens is 211 g/mol. The van der Waals surface area contributed by atoms with Crippen LogP contribution in [0.25, 0.3) is 11.0 Å². The van der Waals surface area contributed by atoms with Crippen molar-refractivity contribution >= 4 is 23.3 Å². The summed E-state index contributed by atoms with van der Waals surface area (Å²) in [6.07, 6.45) is 2.68. The van der Waals surface area contributed by atoms with Gasteiger partial charge < -0.3 is 9.55 Å².